The minimum atomic E-state index is -5.08. The second-order valence-corrected chi connectivity index (χ2v) is 13.0. The molecular weight excluding hydrogens is 543 g/mol. The molecule has 37 heavy (non-hydrogen) atoms. The minimum Gasteiger partial charge on any atom is -0.338 e. The third-order valence-electron chi connectivity index (χ3n) is 6.41. The first-order valence-electron chi connectivity index (χ1n) is 11.3. The maximum absolute atomic E-state index is 13.8. The predicted octanol–water partition coefficient (Wildman–Crippen LogP) is 3.85. The lowest BCUT2D eigenvalue weighted by Crippen LogP contribution is -2.49. The second-order valence-electron chi connectivity index (χ2n) is 9.14. The van der Waals surface area contributed by atoms with Gasteiger partial charge in [0.25, 0.3) is 5.91 Å². The number of benzene rings is 2. The Balaban J connectivity index is 1.57. The molecule has 2 aromatic carbocycles. The van der Waals surface area contributed by atoms with Crippen LogP contribution in [0, 0.1) is 11.6 Å². The fourth-order valence-corrected chi connectivity index (χ4v) is 7.33. The smallest absolute Gasteiger partial charge is 0.338 e. The van der Waals surface area contributed by atoms with Gasteiger partial charge in [0, 0.05) is 31.4 Å². The molecule has 4 rings (SSSR count). The van der Waals surface area contributed by atoms with Gasteiger partial charge in [-0.05, 0) is 62.1 Å². The van der Waals surface area contributed by atoms with Crippen LogP contribution in [0.1, 0.15) is 41.6 Å². The van der Waals surface area contributed by atoms with Crippen LogP contribution in [0.4, 0.5) is 22.0 Å². The van der Waals surface area contributed by atoms with Crippen molar-refractivity contribution < 1.29 is 43.6 Å². The number of hydrogen-bond donors (Lipinski definition) is 0. The summed E-state index contributed by atoms with van der Waals surface area (Å²) in [5.74, 6) is -3.11. The number of sulfone groups is 1. The molecule has 2 aromatic rings. The van der Waals surface area contributed by atoms with Gasteiger partial charge in [-0.3, -0.25) is 4.79 Å². The van der Waals surface area contributed by atoms with E-state index in [9.17, 15) is 43.6 Å². The average molecular weight is 567 g/mol. The summed E-state index contributed by atoms with van der Waals surface area (Å²) in [6, 6.07) is 3.24. The van der Waals surface area contributed by atoms with Gasteiger partial charge >= 0.3 is 6.18 Å². The molecule has 7 nitrogen and oxygen atoms in total. The highest BCUT2D eigenvalue weighted by atomic mass is 32.2. The van der Waals surface area contributed by atoms with Crippen molar-refractivity contribution in [2.75, 3.05) is 19.3 Å². The lowest BCUT2D eigenvalue weighted by molar-refractivity contribution is -0.140. The van der Waals surface area contributed by atoms with Crippen LogP contribution < -0.4 is 0 Å². The fourth-order valence-electron chi connectivity index (χ4n) is 4.51. The molecule has 202 valence electrons. The third-order valence-corrected chi connectivity index (χ3v) is 9.56. The van der Waals surface area contributed by atoms with E-state index >= 15 is 0 Å². The van der Waals surface area contributed by atoms with Crippen LogP contribution in [0.15, 0.2) is 46.2 Å². The molecule has 0 atom stereocenters. The van der Waals surface area contributed by atoms with Gasteiger partial charge in [0.2, 0.25) is 10.0 Å². The number of halogens is 5. The predicted molar refractivity (Wildman–Crippen MR) is 122 cm³/mol. The van der Waals surface area contributed by atoms with E-state index in [1.165, 1.54) is 4.90 Å². The summed E-state index contributed by atoms with van der Waals surface area (Å²) >= 11 is 0. The molecule has 1 aliphatic heterocycles. The van der Waals surface area contributed by atoms with Crippen molar-refractivity contribution in [1.29, 1.82) is 0 Å². The molecule has 1 saturated carbocycles. The Morgan fingerprint density at radius 1 is 0.919 bits per heavy atom. The lowest BCUT2D eigenvalue weighted by Gasteiger charge is -2.38. The molecule has 1 amide bonds. The van der Waals surface area contributed by atoms with E-state index in [1.54, 1.807) is 0 Å². The highest BCUT2D eigenvalue weighted by Crippen LogP contribution is 2.39. The van der Waals surface area contributed by atoms with Crippen LogP contribution in [-0.2, 0) is 26.0 Å². The largest absolute Gasteiger partial charge is 0.419 e. The minimum absolute atomic E-state index is 0.0131. The molecule has 14 heteroatoms. The molecule has 1 saturated heterocycles. The lowest BCUT2D eigenvalue weighted by atomic mass is 10.0. The first-order chi connectivity index (χ1) is 17.1. The van der Waals surface area contributed by atoms with Gasteiger partial charge in [-0.15, -0.1) is 0 Å². The first kappa shape index (κ1) is 27.5. The van der Waals surface area contributed by atoms with Crippen molar-refractivity contribution in [3.05, 3.63) is 59.2 Å². The zero-order valence-electron chi connectivity index (χ0n) is 19.5. The molecular formula is C23H23F5N2O5S2. The van der Waals surface area contributed by atoms with Gasteiger partial charge in [-0.25, -0.2) is 25.6 Å². The molecule has 1 aliphatic carbocycles. The summed E-state index contributed by atoms with van der Waals surface area (Å²) in [6.45, 7) is 0.0261. The maximum Gasteiger partial charge on any atom is 0.419 e. The topological polar surface area (TPSA) is 91.8 Å². The van der Waals surface area contributed by atoms with Crippen LogP contribution in [0.25, 0.3) is 0 Å². The summed E-state index contributed by atoms with van der Waals surface area (Å²) in [5.41, 5.74) is -2.01. The van der Waals surface area contributed by atoms with E-state index in [-0.39, 0.29) is 42.5 Å². The molecule has 0 aromatic heterocycles. The van der Waals surface area contributed by atoms with E-state index in [0.29, 0.717) is 18.9 Å². The normalized spacial score (nSPS) is 17.9. The summed E-state index contributed by atoms with van der Waals surface area (Å²) in [7, 11) is -8.26. The van der Waals surface area contributed by atoms with Crippen LogP contribution in [0.5, 0.6) is 0 Å². The van der Waals surface area contributed by atoms with Crippen molar-refractivity contribution in [1.82, 2.24) is 9.21 Å². The number of carbonyl (C=O) groups excluding carboxylic acids is 1. The molecule has 2 fully saturated rings. The van der Waals surface area contributed by atoms with Crippen molar-refractivity contribution in [2.24, 2.45) is 0 Å². The summed E-state index contributed by atoms with van der Waals surface area (Å²) < 4.78 is 119. The van der Waals surface area contributed by atoms with Crippen LogP contribution in [0.2, 0.25) is 0 Å². The quantitative estimate of drug-likeness (QED) is 0.392. The third kappa shape index (κ3) is 5.65. The monoisotopic (exact) mass is 566 g/mol. The maximum atomic E-state index is 13.8. The molecule has 1 heterocycles. The summed E-state index contributed by atoms with van der Waals surface area (Å²) in [4.78, 5) is 13.3. The fraction of sp³-hybridized carbons (Fsp3) is 0.435. The van der Waals surface area contributed by atoms with Crippen LogP contribution >= 0.6 is 0 Å². The molecule has 0 spiro atoms. The Kier molecular flexibility index (Phi) is 7.14. The van der Waals surface area contributed by atoms with Gasteiger partial charge in [0.05, 0.1) is 20.9 Å². The van der Waals surface area contributed by atoms with E-state index in [0.717, 1.165) is 34.8 Å². The Labute approximate surface area is 210 Å². The summed E-state index contributed by atoms with van der Waals surface area (Å²) in [6.07, 6.45) is -2.93. The number of nitrogens with zero attached hydrogens (tertiary/aromatic N) is 2. The zero-order valence-corrected chi connectivity index (χ0v) is 21.1. The van der Waals surface area contributed by atoms with E-state index in [2.05, 4.69) is 0 Å². The highest BCUT2D eigenvalue weighted by Gasteiger charge is 2.45. The average Bonchev–Trinajstić information content (AvgIpc) is 3.62. The molecule has 0 unspecified atom stereocenters. The van der Waals surface area contributed by atoms with Crippen molar-refractivity contribution in [3.8, 4) is 0 Å². The van der Waals surface area contributed by atoms with E-state index in [4.69, 9.17) is 0 Å². The number of likely N-dealkylation sites (tertiary alicyclic amines) is 1. The van der Waals surface area contributed by atoms with Crippen LogP contribution in [-0.4, -0.2) is 63.4 Å². The van der Waals surface area contributed by atoms with Crippen molar-refractivity contribution in [2.45, 2.75) is 53.7 Å². The zero-order chi connectivity index (χ0) is 27.3. The Morgan fingerprint density at radius 2 is 1.51 bits per heavy atom. The summed E-state index contributed by atoms with van der Waals surface area (Å²) in [5, 5.41) is 0. The SMILES string of the molecule is CS(=O)(=O)c1ccc(F)cc1C(=O)N1CCC(N(C2CC2)S(=O)(=O)c2ccc(F)c(C(F)(F)F)c2)CC1. The standard InChI is InChI=1S/C23H23F5N2O5S2/c1-36(32,33)21-7-2-14(24)12-18(21)22(31)29-10-8-16(9-11-29)30(15-3-4-15)37(34,35)17-5-6-20(25)19(13-17)23(26,27)28/h2,5-7,12-13,15-16H,3-4,8-11H2,1H3. The van der Waals surface area contributed by atoms with Crippen molar-refractivity contribution >= 4 is 25.8 Å². The Bertz CT molecular complexity index is 1430. The molecule has 0 radical (unpaired) electrons. The highest BCUT2D eigenvalue weighted by molar-refractivity contribution is 7.90. The number of rotatable bonds is 6. The Hall–Kier alpha value is -2.58. The second kappa shape index (κ2) is 9.62. The van der Waals surface area contributed by atoms with Gasteiger partial charge in [-0.1, -0.05) is 0 Å². The number of piperidine rings is 1. The number of hydrogen-bond acceptors (Lipinski definition) is 5. The van der Waals surface area contributed by atoms with Gasteiger partial charge < -0.3 is 4.90 Å². The van der Waals surface area contributed by atoms with Gasteiger partial charge in [0.15, 0.2) is 9.84 Å². The van der Waals surface area contributed by atoms with E-state index < -0.39 is 66.1 Å². The van der Waals surface area contributed by atoms with Crippen LogP contribution in [0.3, 0.4) is 0 Å². The number of alkyl halides is 3. The number of carbonyl (C=O) groups is 1. The number of sulfonamides is 1. The first-order valence-corrected chi connectivity index (χ1v) is 14.6. The van der Waals surface area contributed by atoms with Gasteiger partial charge in [0.1, 0.15) is 11.6 Å². The Morgan fingerprint density at radius 3 is 2.05 bits per heavy atom. The molecule has 0 N–H and O–H groups in total. The van der Waals surface area contributed by atoms with Crippen molar-refractivity contribution in [3.63, 3.8) is 0 Å². The van der Waals surface area contributed by atoms with Gasteiger partial charge in [-0.2, -0.15) is 17.5 Å². The molecule has 0 bridgehead atoms. The number of amides is 1. The molecule has 2 aliphatic rings. The van der Waals surface area contributed by atoms with E-state index in [1.807, 2.05) is 0 Å².